The number of hydrogen-bond acceptors (Lipinski definition) is 8. The average Bonchev–Trinajstić information content (AvgIpc) is 3.28. The highest BCUT2D eigenvalue weighted by Crippen LogP contribution is 2.43. The van der Waals surface area contributed by atoms with Crippen LogP contribution in [0.3, 0.4) is 0 Å². The Morgan fingerprint density at radius 3 is 2.52 bits per heavy atom. The number of halogens is 2. The molecule has 5 heterocycles. The van der Waals surface area contributed by atoms with E-state index in [1.807, 2.05) is 6.07 Å². The third-order valence-corrected chi connectivity index (χ3v) is 10.2. The average molecular weight is 650 g/mol. The van der Waals surface area contributed by atoms with Crippen LogP contribution in [0.4, 0.5) is 15.8 Å². The van der Waals surface area contributed by atoms with Crippen molar-refractivity contribution in [1.29, 1.82) is 0 Å². The van der Waals surface area contributed by atoms with Crippen LogP contribution in [-0.2, 0) is 11.3 Å². The number of ether oxygens (including phenoxy) is 2. The number of carbonyl (C=O) groups is 2. The highest BCUT2D eigenvalue weighted by Gasteiger charge is 2.40. The van der Waals surface area contributed by atoms with Gasteiger partial charge in [-0.25, -0.2) is 14.2 Å². The van der Waals surface area contributed by atoms with Crippen LogP contribution < -0.4 is 14.5 Å². The van der Waals surface area contributed by atoms with Crippen molar-refractivity contribution in [3.8, 4) is 16.9 Å². The van der Waals surface area contributed by atoms with Crippen LogP contribution in [0.2, 0.25) is 5.02 Å². The number of likely N-dealkylation sites (N-methyl/N-ethyl adjacent to an activating group) is 1. The molecule has 0 radical (unpaired) electrons. The first kappa shape index (κ1) is 30.7. The molecule has 4 aliphatic rings. The summed E-state index contributed by atoms with van der Waals surface area (Å²) in [5.74, 6) is -1.75. The van der Waals surface area contributed by atoms with Crippen molar-refractivity contribution < 1.29 is 28.6 Å². The lowest BCUT2D eigenvalue weighted by molar-refractivity contribution is 0.0510. The van der Waals surface area contributed by atoms with Gasteiger partial charge in [-0.05, 0) is 51.9 Å². The van der Waals surface area contributed by atoms with E-state index >= 15 is 4.39 Å². The van der Waals surface area contributed by atoms with Gasteiger partial charge in [0.05, 0.1) is 60.0 Å². The summed E-state index contributed by atoms with van der Waals surface area (Å²) in [7, 11) is 2.12. The standard InChI is InChI=1S/C34H37ClFN5O5/c1-19-14-40(20(2)13-38(19)3)24-9-28(35)31(37-12-24)33(42)39-15-21-5-4-6-25(32(21)46-18-39)26-11-30(27(34(43)44)10-29(26)36)41-22-7-8-23(41)17-45-16-22/h4-6,9-12,19-20,22-23H,7-8,13-18H2,1-3H3,(H,43,44)/t19-,20-,22?,23?/m1/s1. The van der Waals surface area contributed by atoms with Gasteiger partial charge in [-0.15, -0.1) is 0 Å². The molecule has 2 unspecified atom stereocenters. The molecular weight excluding hydrogens is 613 g/mol. The van der Waals surface area contributed by atoms with E-state index < -0.39 is 11.8 Å². The number of nitrogens with zero attached hydrogens (tertiary/aromatic N) is 5. The van der Waals surface area contributed by atoms with Crippen molar-refractivity contribution in [1.82, 2.24) is 14.8 Å². The molecule has 2 aromatic carbocycles. The molecule has 4 aliphatic heterocycles. The molecule has 3 aromatic rings. The van der Waals surface area contributed by atoms with E-state index in [1.54, 1.807) is 30.5 Å². The van der Waals surface area contributed by atoms with Gasteiger partial charge >= 0.3 is 5.97 Å². The second-order valence-corrected chi connectivity index (χ2v) is 13.3. The lowest BCUT2D eigenvalue weighted by Gasteiger charge is -2.43. The molecule has 4 atom stereocenters. The minimum Gasteiger partial charge on any atom is -0.478 e. The number of anilines is 2. The number of benzene rings is 2. The maximum absolute atomic E-state index is 15.7. The zero-order valence-electron chi connectivity index (χ0n) is 26.1. The normalized spacial score (nSPS) is 24.5. The van der Waals surface area contributed by atoms with Crippen LogP contribution in [0.25, 0.3) is 11.1 Å². The number of pyridine rings is 1. The molecule has 7 rings (SSSR count). The molecule has 10 nitrogen and oxygen atoms in total. The quantitative estimate of drug-likeness (QED) is 0.404. The fourth-order valence-corrected chi connectivity index (χ4v) is 7.58. The van der Waals surface area contributed by atoms with Gasteiger partial charge in [0, 0.05) is 41.9 Å². The SMILES string of the molecule is C[C@@H]1CN(c2cnc(C(=O)N3COc4c(cccc4-c4cc(N5C6CCC5COC6)c(C(=O)O)cc4F)C3)c(Cl)c2)[C@H](C)CN1C. The molecule has 0 saturated carbocycles. The Balaban J connectivity index is 1.15. The molecule has 3 fully saturated rings. The summed E-state index contributed by atoms with van der Waals surface area (Å²) < 4.78 is 27.5. The van der Waals surface area contributed by atoms with E-state index in [-0.39, 0.29) is 59.2 Å². The van der Waals surface area contributed by atoms with Crippen molar-refractivity contribution in [3.63, 3.8) is 0 Å². The Hall–Kier alpha value is -3.93. The Labute approximate surface area is 272 Å². The third kappa shape index (κ3) is 5.34. The number of piperazine rings is 1. The van der Waals surface area contributed by atoms with E-state index in [4.69, 9.17) is 21.1 Å². The predicted octanol–water partition coefficient (Wildman–Crippen LogP) is 5.13. The van der Waals surface area contributed by atoms with E-state index in [2.05, 4.69) is 40.6 Å². The maximum Gasteiger partial charge on any atom is 0.337 e. The summed E-state index contributed by atoms with van der Waals surface area (Å²) in [6.07, 6.45) is 3.48. The van der Waals surface area contributed by atoms with Gasteiger partial charge in [-0.1, -0.05) is 29.8 Å². The van der Waals surface area contributed by atoms with Crippen molar-refractivity contribution in [2.24, 2.45) is 0 Å². The van der Waals surface area contributed by atoms with Crippen molar-refractivity contribution in [2.45, 2.75) is 57.4 Å². The molecule has 1 N–H and O–H groups in total. The Bertz CT molecular complexity index is 1690. The Kier molecular flexibility index (Phi) is 8.02. The molecule has 1 amide bonds. The lowest BCUT2D eigenvalue weighted by Crippen LogP contribution is -2.55. The number of aromatic carboxylic acids is 1. The van der Waals surface area contributed by atoms with Crippen LogP contribution in [0, 0.1) is 5.82 Å². The van der Waals surface area contributed by atoms with Gasteiger partial charge in [0.1, 0.15) is 17.3 Å². The predicted molar refractivity (Wildman–Crippen MR) is 172 cm³/mol. The van der Waals surface area contributed by atoms with Gasteiger partial charge in [0.25, 0.3) is 5.91 Å². The minimum absolute atomic E-state index is 0.0405. The molecule has 1 aromatic heterocycles. The number of morpholine rings is 1. The molecule has 12 heteroatoms. The molecule has 46 heavy (non-hydrogen) atoms. The Morgan fingerprint density at radius 2 is 1.80 bits per heavy atom. The fraction of sp³-hybridized carbons (Fsp3) is 0.441. The molecule has 2 bridgehead atoms. The molecule has 0 aliphatic carbocycles. The van der Waals surface area contributed by atoms with Crippen LogP contribution in [-0.4, -0.2) is 96.0 Å². The van der Waals surface area contributed by atoms with Crippen molar-refractivity contribution in [2.75, 3.05) is 49.9 Å². The van der Waals surface area contributed by atoms with E-state index in [0.29, 0.717) is 41.8 Å². The van der Waals surface area contributed by atoms with E-state index in [1.165, 1.54) is 4.90 Å². The first-order valence-corrected chi connectivity index (χ1v) is 16.1. The van der Waals surface area contributed by atoms with Crippen LogP contribution in [0.15, 0.2) is 42.6 Å². The molecule has 242 valence electrons. The zero-order chi connectivity index (χ0) is 32.3. The van der Waals surface area contributed by atoms with Gasteiger partial charge in [-0.2, -0.15) is 0 Å². The molecular formula is C34H37ClFN5O5. The van der Waals surface area contributed by atoms with Gasteiger partial charge in [0.15, 0.2) is 6.73 Å². The fourth-order valence-electron chi connectivity index (χ4n) is 7.34. The Morgan fingerprint density at radius 1 is 1.04 bits per heavy atom. The second kappa shape index (κ2) is 12.0. The smallest absolute Gasteiger partial charge is 0.337 e. The number of fused-ring (bicyclic) bond motifs is 3. The monoisotopic (exact) mass is 649 g/mol. The largest absolute Gasteiger partial charge is 0.478 e. The number of carboxylic acids is 1. The minimum atomic E-state index is -1.18. The number of para-hydroxylation sites is 1. The topological polar surface area (TPSA) is 98.7 Å². The number of carboxylic acid groups (broad SMARTS) is 1. The van der Waals surface area contributed by atoms with Crippen LogP contribution >= 0.6 is 11.6 Å². The number of hydrogen-bond donors (Lipinski definition) is 1. The highest BCUT2D eigenvalue weighted by atomic mass is 35.5. The summed E-state index contributed by atoms with van der Waals surface area (Å²) in [6, 6.07) is 10.6. The summed E-state index contributed by atoms with van der Waals surface area (Å²) in [6.45, 7) is 7.22. The first-order valence-electron chi connectivity index (χ1n) is 15.7. The second-order valence-electron chi connectivity index (χ2n) is 12.9. The number of rotatable bonds is 5. The molecule has 0 spiro atoms. The van der Waals surface area contributed by atoms with Crippen LogP contribution in [0.5, 0.6) is 5.75 Å². The number of aromatic nitrogens is 1. The summed E-state index contributed by atoms with van der Waals surface area (Å²) in [4.78, 5) is 38.5. The lowest BCUT2D eigenvalue weighted by atomic mass is 9.96. The van der Waals surface area contributed by atoms with E-state index in [9.17, 15) is 14.7 Å². The van der Waals surface area contributed by atoms with Crippen molar-refractivity contribution >= 4 is 34.9 Å². The summed E-state index contributed by atoms with van der Waals surface area (Å²) in [5, 5.41) is 10.2. The summed E-state index contributed by atoms with van der Waals surface area (Å²) in [5.41, 5.74) is 2.86. The first-order chi connectivity index (χ1) is 22.1. The summed E-state index contributed by atoms with van der Waals surface area (Å²) >= 11 is 6.65. The van der Waals surface area contributed by atoms with E-state index in [0.717, 1.165) is 37.7 Å². The zero-order valence-corrected chi connectivity index (χ0v) is 26.8. The highest BCUT2D eigenvalue weighted by molar-refractivity contribution is 6.33. The van der Waals surface area contributed by atoms with Crippen molar-refractivity contribution in [3.05, 3.63) is 70.3 Å². The third-order valence-electron chi connectivity index (χ3n) is 9.89. The molecule has 3 saturated heterocycles. The van der Waals surface area contributed by atoms with Crippen LogP contribution in [0.1, 0.15) is 53.1 Å². The van der Waals surface area contributed by atoms with Gasteiger partial charge in [0.2, 0.25) is 0 Å². The van der Waals surface area contributed by atoms with Gasteiger partial charge in [-0.3, -0.25) is 14.6 Å². The number of carbonyl (C=O) groups excluding carboxylic acids is 1. The number of amides is 1. The maximum atomic E-state index is 15.7. The van der Waals surface area contributed by atoms with Gasteiger partial charge < -0.3 is 24.4 Å².